The summed E-state index contributed by atoms with van der Waals surface area (Å²) in [5, 5.41) is 20.4. The first-order valence-electron chi connectivity index (χ1n) is 4.60. The summed E-state index contributed by atoms with van der Waals surface area (Å²) in [7, 11) is 0. The lowest BCUT2D eigenvalue weighted by molar-refractivity contribution is 0.176. The summed E-state index contributed by atoms with van der Waals surface area (Å²) < 4.78 is 5.33. The van der Waals surface area contributed by atoms with E-state index in [-0.39, 0.29) is 11.8 Å². The SMILES string of the molecule is O=C(O)NC1COc2cccc(O)c2C1. The van der Waals surface area contributed by atoms with Crippen LogP contribution >= 0.6 is 0 Å². The lowest BCUT2D eigenvalue weighted by Crippen LogP contribution is -2.42. The van der Waals surface area contributed by atoms with E-state index in [9.17, 15) is 9.90 Å². The zero-order valence-corrected chi connectivity index (χ0v) is 7.93. The maximum Gasteiger partial charge on any atom is 0.405 e. The molecule has 0 bridgehead atoms. The number of fused-ring (bicyclic) bond motifs is 1. The number of carboxylic acid groups (broad SMARTS) is 1. The summed E-state index contributed by atoms with van der Waals surface area (Å²) in [6, 6.07) is 4.71. The van der Waals surface area contributed by atoms with Gasteiger partial charge >= 0.3 is 6.09 Å². The van der Waals surface area contributed by atoms with Gasteiger partial charge in [-0.2, -0.15) is 0 Å². The number of hydrogen-bond donors (Lipinski definition) is 3. The summed E-state index contributed by atoms with van der Waals surface area (Å²) in [5.41, 5.74) is 0.655. The van der Waals surface area contributed by atoms with Crippen molar-refractivity contribution in [3.05, 3.63) is 23.8 Å². The van der Waals surface area contributed by atoms with Crippen LogP contribution in [0.15, 0.2) is 18.2 Å². The van der Waals surface area contributed by atoms with Crippen LogP contribution in [0.2, 0.25) is 0 Å². The van der Waals surface area contributed by atoms with E-state index in [0.29, 0.717) is 24.3 Å². The Labute approximate surface area is 86.3 Å². The van der Waals surface area contributed by atoms with Crippen molar-refractivity contribution in [1.29, 1.82) is 0 Å². The van der Waals surface area contributed by atoms with Gasteiger partial charge in [0.25, 0.3) is 0 Å². The number of amides is 1. The van der Waals surface area contributed by atoms with Crippen LogP contribution in [-0.4, -0.2) is 29.0 Å². The van der Waals surface area contributed by atoms with Crippen LogP contribution in [-0.2, 0) is 6.42 Å². The van der Waals surface area contributed by atoms with Crippen molar-refractivity contribution >= 4 is 6.09 Å². The van der Waals surface area contributed by atoms with Gasteiger partial charge in [0, 0.05) is 12.0 Å². The standard InChI is InChI=1S/C10H11NO4/c12-8-2-1-3-9-7(8)4-6(5-15-9)11-10(13)14/h1-3,6,11-12H,4-5H2,(H,13,14). The van der Waals surface area contributed by atoms with Crippen molar-refractivity contribution in [1.82, 2.24) is 5.32 Å². The Morgan fingerprint density at radius 1 is 1.53 bits per heavy atom. The molecule has 1 aromatic carbocycles. The van der Waals surface area contributed by atoms with Crippen molar-refractivity contribution in [2.45, 2.75) is 12.5 Å². The summed E-state index contributed by atoms with van der Waals surface area (Å²) >= 11 is 0. The number of carbonyl (C=O) groups is 1. The van der Waals surface area contributed by atoms with Crippen molar-refractivity contribution in [2.75, 3.05) is 6.61 Å². The maximum atomic E-state index is 10.4. The molecule has 1 aliphatic heterocycles. The van der Waals surface area contributed by atoms with Crippen LogP contribution in [0.1, 0.15) is 5.56 Å². The van der Waals surface area contributed by atoms with Gasteiger partial charge in [-0.15, -0.1) is 0 Å². The molecule has 0 saturated carbocycles. The molecule has 0 saturated heterocycles. The minimum Gasteiger partial charge on any atom is -0.508 e. The minimum absolute atomic E-state index is 0.143. The van der Waals surface area contributed by atoms with Gasteiger partial charge in [-0.1, -0.05) is 6.07 Å². The van der Waals surface area contributed by atoms with Crippen molar-refractivity contribution in [3.8, 4) is 11.5 Å². The first-order chi connectivity index (χ1) is 7.16. The molecule has 1 unspecified atom stereocenters. The molecule has 1 atom stereocenters. The number of rotatable bonds is 1. The van der Waals surface area contributed by atoms with E-state index in [1.54, 1.807) is 18.2 Å². The Morgan fingerprint density at radius 3 is 3.07 bits per heavy atom. The molecule has 1 amide bonds. The van der Waals surface area contributed by atoms with Gasteiger partial charge < -0.3 is 20.3 Å². The van der Waals surface area contributed by atoms with Crippen molar-refractivity contribution in [2.24, 2.45) is 0 Å². The van der Waals surface area contributed by atoms with Crippen LogP contribution in [0.5, 0.6) is 11.5 Å². The molecular weight excluding hydrogens is 198 g/mol. The third kappa shape index (κ3) is 1.96. The lowest BCUT2D eigenvalue weighted by atomic mass is 10.0. The molecular formula is C10H11NO4. The van der Waals surface area contributed by atoms with Gasteiger partial charge in [-0.3, -0.25) is 0 Å². The second kappa shape index (κ2) is 3.68. The first-order valence-corrected chi connectivity index (χ1v) is 4.60. The van der Waals surface area contributed by atoms with E-state index >= 15 is 0 Å². The third-order valence-corrected chi connectivity index (χ3v) is 2.33. The number of hydrogen-bond acceptors (Lipinski definition) is 3. The zero-order valence-electron chi connectivity index (χ0n) is 7.93. The average Bonchev–Trinajstić information content (AvgIpc) is 2.18. The fourth-order valence-electron chi connectivity index (χ4n) is 1.66. The Hall–Kier alpha value is -1.91. The highest BCUT2D eigenvalue weighted by atomic mass is 16.5. The fourth-order valence-corrected chi connectivity index (χ4v) is 1.66. The van der Waals surface area contributed by atoms with Crippen LogP contribution in [0, 0.1) is 0 Å². The number of phenols is 1. The predicted molar refractivity (Wildman–Crippen MR) is 52.3 cm³/mol. The lowest BCUT2D eigenvalue weighted by Gasteiger charge is -2.25. The minimum atomic E-state index is -1.08. The monoisotopic (exact) mass is 209 g/mol. The van der Waals surface area contributed by atoms with Gasteiger partial charge in [0.1, 0.15) is 18.1 Å². The fraction of sp³-hybridized carbons (Fsp3) is 0.300. The van der Waals surface area contributed by atoms with Crippen LogP contribution in [0.4, 0.5) is 4.79 Å². The van der Waals surface area contributed by atoms with E-state index in [1.807, 2.05) is 0 Å². The van der Waals surface area contributed by atoms with Crippen LogP contribution in [0.3, 0.4) is 0 Å². The highest BCUT2D eigenvalue weighted by molar-refractivity contribution is 5.65. The maximum absolute atomic E-state index is 10.4. The second-order valence-electron chi connectivity index (χ2n) is 3.42. The number of nitrogens with one attached hydrogen (secondary N) is 1. The quantitative estimate of drug-likeness (QED) is 0.643. The topological polar surface area (TPSA) is 78.8 Å². The predicted octanol–water partition coefficient (Wildman–Crippen LogP) is 0.963. The largest absolute Gasteiger partial charge is 0.508 e. The summed E-state index contributed by atoms with van der Waals surface area (Å²) in [6.07, 6.45) is -0.628. The van der Waals surface area contributed by atoms with Gasteiger partial charge in [0.05, 0.1) is 6.04 Å². The number of ether oxygens (including phenoxy) is 1. The molecule has 5 nitrogen and oxygen atoms in total. The molecule has 2 rings (SSSR count). The van der Waals surface area contributed by atoms with E-state index < -0.39 is 6.09 Å². The number of benzene rings is 1. The van der Waals surface area contributed by atoms with E-state index in [1.165, 1.54) is 0 Å². The van der Waals surface area contributed by atoms with Crippen molar-refractivity contribution in [3.63, 3.8) is 0 Å². The number of phenolic OH excluding ortho intramolecular Hbond substituents is 1. The first kappa shape index (κ1) is 9.64. The molecule has 5 heteroatoms. The van der Waals surface area contributed by atoms with E-state index in [4.69, 9.17) is 9.84 Å². The summed E-state index contributed by atoms with van der Waals surface area (Å²) in [5.74, 6) is 0.767. The number of aromatic hydroxyl groups is 1. The molecule has 1 heterocycles. The molecule has 0 aliphatic carbocycles. The van der Waals surface area contributed by atoms with Gasteiger partial charge in [0.15, 0.2) is 0 Å². The smallest absolute Gasteiger partial charge is 0.405 e. The molecule has 80 valence electrons. The van der Waals surface area contributed by atoms with Gasteiger partial charge in [0.2, 0.25) is 0 Å². The van der Waals surface area contributed by atoms with Crippen LogP contribution < -0.4 is 10.1 Å². The average molecular weight is 209 g/mol. The normalized spacial score (nSPS) is 18.8. The molecule has 1 aromatic rings. The Balaban J connectivity index is 2.18. The Kier molecular flexibility index (Phi) is 2.37. The van der Waals surface area contributed by atoms with E-state index in [2.05, 4.69) is 5.32 Å². The third-order valence-electron chi connectivity index (χ3n) is 2.33. The van der Waals surface area contributed by atoms with E-state index in [0.717, 1.165) is 0 Å². The van der Waals surface area contributed by atoms with Gasteiger partial charge in [-0.25, -0.2) is 4.79 Å². The highest BCUT2D eigenvalue weighted by Crippen LogP contribution is 2.31. The zero-order chi connectivity index (χ0) is 10.8. The Bertz CT molecular complexity index is 391. The highest BCUT2D eigenvalue weighted by Gasteiger charge is 2.23. The molecule has 0 aromatic heterocycles. The van der Waals surface area contributed by atoms with Crippen LogP contribution in [0.25, 0.3) is 0 Å². The molecule has 15 heavy (non-hydrogen) atoms. The molecule has 0 spiro atoms. The van der Waals surface area contributed by atoms with Gasteiger partial charge in [-0.05, 0) is 12.1 Å². The molecule has 1 aliphatic rings. The molecule has 0 radical (unpaired) electrons. The van der Waals surface area contributed by atoms with Crippen molar-refractivity contribution < 1.29 is 19.7 Å². The Morgan fingerprint density at radius 2 is 2.33 bits per heavy atom. The second-order valence-corrected chi connectivity index (χ2v) is 3.42. The summed E-state index contributed by atoms with van der Waals surface area (Å²) in [4.78, 5) is 10.4. The molecule has 3 N–H and O–H groups in total. The summed E-state index contributed by atoms with van der Waals surface area (Å²) in [6.45, 7) is 0.294. The molecule has 0 fully saturated rings.